The van der Waals surface area contributed by atoms with Gasteiger partial charge in [0.2, 0.25) is 0 Å². The van der Waals surface area contributed by atoms with Crippen molar-refractivity contribution in [1.82, 2.24) is 9.97 Å². The molecule has 1 N–H and O–H groups in total. The lowest BCUT2D eigenvalue weighted by atomic mass is 10.2. The molecule has 0 amide bonds. The summed E-state index contributed by atoms with van der Waals surface area (Å²) in [4.78, 5) is 10.9. The molecule has 1 aliphatic heterocycles. The first kappa shape index (κ1) is 9.24. The Balaban J connectivity index is 2.38. The Kier molecular flexibility index (Phi) is 2.52. The first-order chi connectivity index (χ1) is 6.86. The largest absolute Gasteiger partial charge is 0.369 e. The van der Waals surface area contributed by atoms with Crippen LogP contribution in [0, 0.1) is 0 Å². The third kappa shape index (κ3) is 1.41. The van der Waals surface area contributed by atoms with E-state index >= 15 is 0 Å². The summed E-state index contributed by atoms with van der Waals surface area (Å²) in [7, 11) is 0. The minimum Gasteiger partial charge on any atom is -0.369 e. The molecule has 2 rings (SSSR count). The number of anilines is 2. The van der Waals surface area contributed by atoms with Crippen LogP contribution in [0.5, 0.6) is 0 Å². The second-order valence-corrected chi connectivity index (χ2v) is 3.37. The van der Waals surface area contributed by atoms with Crippen molar-refractivity contribution >= 4 is 11.6 Å². The summed E-state index contributed by atoms with van der Waals surface area (Å²) >= 11 is 0. The van der Waals surface area contributed by atoms with Gasteiger partial charge < -0.3 is 10.2 Å². The van der Waals surface area contributed by atoms with Crippen LogP contribution in [0.4, 0.5) is 11.6 Å². The molecule has 0 saturated heterocycles. The Morgan fingerprint density at radius 3 is 2.86 bits per heavy atom. The summed E-state index contributed by atoms with van der Waals surface area (Å²) in [5.41, 5.74) is 1.27. The number of nitrogens with one attached hydrogen (secondary N) is 1. The fourth-order valence-electron chi connectivity index (χ4n) is 1.89. The van der Waals surface area contributed by atoms with E-state index in [0.29, 0.717) is 0 Å². The van der Waals surface area contributed by atoms with E-state index in [0.717, 1.165) is 37.7 Å². The van der Waals surface area contributed by atoms with Gasteiger partial charge in [0.1, 0.15) is 18.0 Å². The van der Waals surface area contributed by atoms with Crippen molar-refractivity contribution in [2.45, 2.75) is 20.3 Å². The van der Waals surface area contributed by atoms with Gasteiger partial charge in [-0.3, -0.25) is 0 Å². The summed E-state index contributed by atoms with van der Waals surface area (Å²) in [5, 5.41) is 3.27. The Labute approximate surface area is 84.4 Å². The first-order valence-corrected chi connectivity index (χ1v) is 5.19. The lowest BCUT2D eigenvalue weighted by Gasteiger charge is -2.21. The van der Waals surface area contributed by atoms with Gasteiger partial charge >= 0.3 is 0 Å². The zero-order valence-electron chi connectivity index (χ0n) is 8.75. The molecule has 0 aromatic carbocycles. The van der Waals surface area contributed by atoms with Crippen molar-refractivity contribution < 1.29 is 0 Å². The zero-order chi connectivity index (χ0) is 9.97. The molecule has 0 atom stereocenters. The SMILES string of the molecule is CCN(CC)c1ncnc2c1CCN2. The highest BCUT2D eigenvalue weighted by atomic mass is 15.2. The average Bonchev–Trinajstić information content (AvgIpc) is 2.68. The third-order valence-electron chi connectivity index (χ3n) is 2.65. The van der Waals surface area contributed by atoms with Gasteiger partial charge in [-0.05, 0) is 20.3 Å². The van der Waals surface area contributed by atoms with E-state index in [9.17, 15) is 0 Å². The van der Waals surface area contributed by atoms with Crippen LogP contribution in [0.25, 0.3) is 0 Å². The highest BCUT2D eigenvalue weighted by molar-refractivity contribution is 5.61. The van der Waals surface area contributed by atoms with Crippen molar-refractivity contribution in [3.8, 4) is 0 Å². The number of hydrogen-bond donors (Lipinski definition) is 1. The van der Waals surface area contributed by atoms with E-state index in [1.165, 1.54) is 5.56 Å². The van der Waals surface area contributed by atoms with E-state index in [1.807, 2.05) is 0 Å². The molecule has 2 heterocycles. The fourth-order valence-corrected chi connectivity index (χ4v) is 1.89. The molecule has 0 fully saturated rings. The van der Waals surface area contributed by atoms with E-state index < -0.39 is 0 Å². The van der Waals surface area contributed by atoms with E-state index in [1.54, 1.807) is 6.33 Å². The van der Waals surface area contributed by atoms with Crippen molar-refractivity contribution in [2.24, 2.45) is 0 Å². The molecule has 1 aliphatic rings. The highest BCUT2D eigenvalue weighted by Crippen LogP contribution is 2.27. The van der Waals surface area contributed by atoms with Gasteiger partial charge in [0.05, 0.1) is 0 Å². The van der Waals surface area contributed by atoms with Gasteiger partial charge in [-0.2, -0.15) is 0 Å². The highest BCUT2D eigenvalue weighted by Gasteiger charge is 2.18. The number of rotatable bonds is 3. The maximum atomic E-state index is 4.37. The molecule has 0 bridgehead atoms. The van der Waals surface area contributed by atoms with Crippen molar-refractivity contribution in [3.63, 3.8) is 0 Å². The van der Waals surface area contributed by atoms with E-state index in [-0.39, 0.29) is 0 Å². The minimum atomic E-state index is 0.988. The molecule has 0 aliphatic carbocycles. The molecule has 0 spiro atoms. The standard InChI is InChI=1S/C10H16N4/c1-3-14(4-2)10-8-5-6-11-9(8)12-7-13-10/h7H,3-6H2,1-2H3,(H,11,12,13). The molecule has 1 aromatic rings. The fraction of sp³-hybridized carbons (Fsp3) is 0.600. The lowest BCUT2D eigenvalue weighted by molar-refractivity contribution is 0.833. The maximum absolute atomic E-state index is 4.37. The van der Waals surface area contributed by atoms with Crippen LogP contribution in [-0.4, -0.2) is 29.6 Å². The summed E-state index contributed by atoms with van der Waals surface area (Å²) in [6.45, 7) is 7.29. The number of nitrogens with zero attached hydrogens (tertiary/aromatic N) is 3. The van der Waals surface area contributed by atoms with Gasteiger partial charge in [-0.25, -0.2) is 9.97 Å². The Hall–Kier alpha value is -1.32. The van der Waals surface area contributed by atoms with Crippen LogP contribution in [0.15, 0.2) is 6.33 Å². The molecule has 4 nitrogen and oxygen atoms in total. The second-order valence-electron chi connectivity index (χ2n) is 3.37. The van der Waals surface area contributed by atoms with E-state index in [4.69, 9.17) is 0 Å². The van der Waals surface area contributed by atoms with Gasteiger partial charge in [0.15, 0.2) is 0 Å². The monoisotopic (exact) mass is 192 g/mol. The summed E-state index contributed by atoms with van der Waals surface area (Å²) in [5.74, 6) is 2.12. The Morgan fingerprint density at radius 2 is 2.14 bits per heavy atom. The summed E-state index contributed by atoms with van der Waals surface area (Å²) in [6, 6.07) is 0. The molecule has 14 heavy (non-hydrogen) atoms. The molecular formula is C10H16N4. The normalized spacial score (nSPS) is 13.6. The predicted octanol–water partition coefficient (Wildman–Crippen LogP) is 1.29. The Morgan fingerprint density at radius 1 is 1.36 bits per heavy atom. The summed E-state index contributed by atoms with van der Waals surface area (Å²) < 4.78 is 0. The quantitative estimate of drug-likeness (QED) is 0.783. The van der Waals surface area contributed by atoms with Gasteiger partial charge in [-0.15, -0.1) is 0 Å². The minimum absolute atomic E-state index is 0.988. The van der Waals surface area contributed by atoms with Crippen LogP contribution < -0.4 is 10.2 Å². The number of aromatic nitrogens is 2. The maximum Gasteiger partial charge on any atom is 0.137 e. The van der Waals surface area contributed by atoms with Crippen LogP contribution in [0.2, 0.25) is 0 Å². The van der Waals surface area contributed by atoms with Crippen LogP contribution >= 0.6 is 0 Å². The molecule has 0 unspecified atom stereocenters. The van der Waals surface area contributed by atoms with Crippen molar-refractivity contribution in [1.29, 1.82) is 0 Å². The van der Waals surface area contributed by atoms with Gasteiger partial charge in [0, 0.05) is 25.2 Å². The molecule has 0 radical (unpaired) electrons. The molecular weight excluding hydrogens is 176 g/mol. The van der Waals surface area contributed by atoms with Crippen LogP contribution in [0.3, 0.4) is 0 Å². The van der Waals surface area contributed by atoms with Crippen LogP contribution in [0.1, 0.15) is 19.4 Å². The van der Waals surface area contributed by atoms with Crippen molar-refractivity contribution in [3.05, 3.63) is 11.9 Å². The molecule has 0 saturated carbocycles. The van der Waals surface area contributed by atoms with Gasteiger partial charge in [0.25, 0.3) is 0 Å². The van der Waals surface area contributed by atoms with Crippen LogP contribution in [-0.2, 0) is 6.42 Å². The van der Waals surface area contributed by atoms with Gasteiger partial charge in [-0.1, -0.05) is 0 Å². The number of fused-ring (bicyclic) bond motifs is 1. The third-order valence-corrected chi connectivity index (χ3v) is 2.65. The zero-order valence-corrected chi connectivity index (χ0v) is 8.75. The lowest BCUT2D eigenvalue weighted by Crippen LogP contribution is -2.24. The first-order valence-electron chi connectivity index (χ1n) is 5.19. The predicted molar refractivity (Wildman–Crippen MR) is 57.8 cm³/mol. The second kappa shape index (κ2) is 3.82. The summed E-state index contributed by atoms with van der Waals surface area (Å²) in [6.07, 6.45) is 2.69. The molecule has 4 heteroatoms. The molecule has 1 aromatic heterocycles. The topological polar surface area (TPSA) is 41.1 Å². The smallest absolute Gasteiger partial charge is 0.137 e. The van der Waals surface area contributed by atoms with Crippen molar-refractivity contribution in [2.75, 3.05) is 29.9 Å². The van der Waals surface area contributed by atoms with E-state index in [2.05, 4.69) is 34.0 Å². The average molecular weight is 192 g/mol. The Bertz CT molecular complexity index is 320. The molecule has 76 valence electrons. The number of hydrogen-bond acceptors (Lipinski definition) is 4.